The highest BCUT2D eigenvalue weighted by molar-refractivity contribution is 8.00. The van der Waals surface area contributed by atoms with Crippen molar-refractivity contribution in [3.63, 3.8) is 0 Å². The van der Waals surface area contributed by atoms with Crippen LogP contribution in [0, 0.1) is 29.6 Å². The van der Waals surface area contributed by atoms with Crippen molar-refractivity contribution in [2.75, 3.05) is 12.9 Å². The molecule has 0 amide bonds. The fourth-order valence-corrected chi connectivity index (χ4v) is 8.51. The van der Waals surface area contributed by atoms with Crippen molar-refractivity contribution in [3.05, 3.63) is 30.9 Å². The second-order valence-corrected chi connectivity index (χ2v) is 14.3. The molecule has 246 valence electrons. The lowest BCUT2D eigenvalue weighted by Gasteiger charge is -2.41. The van der Waals surface area contributed by atoms with Gasteiger partial charge in [-0.1, -0.05) is 27.7 Å². The Bertz CT molecular complexity index is 1390. The summed E-state index contributed by atoms with van der Waals surface area (Å²) in [4.78, 5) is 62.9. The van der Waals surface area contributed by atoms with Gasteiger partial charge in [0, 0.05) is 54.5 Å². The van der Waals surface area contributed by atoms with Gasteiger partial charge in [-0.15, -0.1) is 11.8 Å². The molecule has 9 atom stereocenters. The minimum absolute atomic E-state index is 0.0265. The van der Waals surface area contributed by atoms with E-state index in [2.05, 4.69) is 15.1 Å². The Balaban J connectivity index is 1.63. The van der Waals surface area contributed by atoms with Crippen LogP contribution >= 0.6 is 11.8 Å². The summed E-state index contributed by atoms with van der Waals surface area (Å²) in [5.41, 5.74) is -1.25. The van der Waals surface area contributed by atoms with Crippen LogP contribution in [0.3, 0.4) is 0 Å². The van der Waals surface area contributed by atoms with Gasteiger partial charge in [0.15, 0.2) is 11.4 Å². The van der Waals surface area contributed by atoms with E-state index in [-0.39, 0.29) is 11.6 Å². The molecule has 4 heterocycles. The van der Waals surface area contributed by atoms with E-state index in [0.717, 1.165) is 5.56 Å². The molecule has 9 unspecified atom stereocenters. The van der Waals surface area contributed by atoms with Crippen molar-refractivity contribution in [1.29, 1.82) is 0 Å². The second kappa shape index (κ2) is 14.1. The lowest BCUT2D eigenvalue weighted by molar-refractivity contribution is -0.183. The van der Waals surface area contributed by atoms with Crippen LogP contribution in [0.4, 0.5) is 0 Å². The number of ketones is 2. The van der Waals surface area contributed by atoms with Crippen molar-refractivity contribution in [3.8, 4) is 11.4 Å². The summed E-state index contributed by atoms with van der Waals surface area (Å²) in [7, 11) is 1.58. The Labute approximate surface area is 269 Å². The average molecular weight is 643 g/mol. The predicted molar refractivity (Wildman–Crippen MR) is 169 cm³/mol. The number of hydrogen-bond donors (Lipinski definition) is 0. The molecule has 11 nitrogen and oxygen atoms in total. The number of methoxy groups -OCH3 is 1. The zero-order valence-electron chi connectivity index (χ0n) is 27.5. The summed E-state index contributed by atoms with van der Waals surface area (Å²) in [6, 6.07) is 3.70. The van der Waals surface area contributed by atoms with Gasteiger partial charge in [0.2, 0.25) is 0 Å². The van der Waals surface area contributed by atoms with Crippen molar-refractivity contribution in [1.82, 2.24) is 19.7 Å². The fraction of sp³-hybridized carbons (Fsp3) is 0.667. The highest BCUT2D eigenvalue weighted by Crippen LogP contribution is 2.48. The van der Waals surface area contributed by atoms with Crippen LogP contribution < -0.4 is 0 Å². The molecule has 0 saturated carbocycles. The van der Waals surface area contributed by atoms with Crippen molar-refractivity contribution in [2.45, 2.75) is 96.8 Å². The standard InChI is InChI=1S/C33H46N4O7S/c1-9-24-33(7)25(28(31(41)44-33)45-14-13-37-18-35-29(36-37)23-11-10-12-34-17-23)21(4)26(38)19(2)15-32(6,42-8)16-20(3)27(39)22(5)30(40)43-24/h10-12,17-22,24-25,28H,9,13-16H2,1-8H3. The summed E-state index contributed by atoms with van der Waals surface area (Å²) in [5, 5.41) is 3.86. The first kappa shape index (κ1) is 34.7. The molecule has 45 heavy (non-hydrogen) atoms. The van der Waals surface area contributed by atoms with Crippen LogP contribution in [-0.2, 0) is 39.9 Å². The maximum absolute atomic E-state index is 14.1. The number of aryl methyl sites for hydroxylation is 1. The van der Waals surface area contributed by atoms with Gasteiger partial charge in [0.05, 0.1) is 12.1 Å². The van der Waals surface area contributed by atoms with E-state index in [9.17, 15) is 19.2 Å². The number of nitrogens with zero attached hydrogens (tertiary/aromatic N) is 4. The highest BCUT2D eigenvalue weighted by Gasteiger charge is 2.61. The Morgan fingerprint density at radius 3 is 2.36 bits per heavy atom. The van der Waals surface area contributed by atoms with E-state index in [1.165, 1.54) is 11.8 Å². The number of cyclic esters (lactones) is 1. The van der Waals surface area contributed by atoms with Gasteiger partial charge < -0.3 is 14.2 Å². The van der Waals surface area contributed by atoms with Crippen molar-refractivity contribution in [2.24, 2.45) is 29.6 Å². The minimum Gasteiger partial charge on any atom is -0.458 e. The number of esters is 2. The van der Waals surface area contributed by atoms with Gasteiger partial charge in [-0.25, -0.2) is 4.98 Å². The molecule has 0 aliphatic carbocycles. The van der Waals surface area contributed by atoms with Crippen LogP contribution in [0.25, 0.3) is 11.4 Å². The first-order valence-electron chi connectivity index (χ1n) is 15.7. The number of Topliss-reactive ketones (excluding diaryl/α,β-unsaturated/α-hetero) is 2. The average Bonchev–Trinajstić information content (AvgIpc) is 3.60. The quantitative estimate of drug-likeness (QED) is 0.310. The van der Waals surface area contributed by atoms with Gasteiger partial charge in [-0.3, -0.25) is 28.8 Å². The SMILES string of the molecule is CCC1OC(=O)C(C)C(=O)C(C)CC(C)(OC)CC(C)C(=O)C(C)C2C(SCCn3cnc(-c4cccnc4)n3)C(=O)OC12C. The molecule has 0 radical (unpaired) electrons. The van der Waals surface area contributed by atoms with Crippen LogP contribution in [0.15, 0.2) is 30.9 Å². The molecule has 0 aromatic carbocycles. The fourth-order valence-electron chi connectivity index (χ4n) is 7.07. The highest BCUT2D eigenvalue weighted by atomic mass is 32.2. The number of rotatable bonds is 7. The number of carbonyl (C=O) groups excluding carboxylic acids is 4. The Kier molecular flexibility index (Phi) is 10.9. The third-order valence-electron chi connectivity index (χ3n) is 9.59. The van der Waals surface area contributed by atoms with Crippen LogP contribution in [0.2, 0.25) is 0 Å². The van der Waals surface area contributed by atoms with Gasteiger partial charge in [0.1, 0.15) is 35.2 Å². The Morgan fingerprint density at radius 2 is 1.73 bits per heavy atom. The first-order valence-corrected chi connectivity index (χ1v) is 16.8. The number of aromatic nitrogens is 4. The van der Waals surface area contributed by atoms with E-state index in [1.807, 2.05) is 39.8 Å². The molecule has 2 aliphatic rings. The Hall–Kier alpha value is -3.12. The maximum Gasteiger partial charge on any atom is 0.320 e. The molecule has 2 fully saturated rings. The summed E-state index contributed by atoms with van der Waals surface area (Å²) >= 11 is 1.40. The summed E-state index contributed by atoms with van der Waals surface area (Å²) < 4.78 is 19.6. The third-order valence-corrected chi connectivity index (χ3v) is 10.9. The van der Waals surface area contributed by atoms with Gasteiger partial charge >= 0.3 is 11.9 Å². The molecule has 4 rings (SSSR count). The van der Waals surface area contributed by atoms with Gasteiger partial charge in [-0.2, -0.15) is 5.10 Å². The predicted octanol–water partition coefficient (Wildman–Crippen LogP) is 4.58. The number of ether oxygens (including phenoxy) is 3. The molecular formula is C33H46N4O7S. The van der Waals surface area contributed by atoms with E-state index < -0.39 is 64.1 Å². The molecule has 0 spiro atoms. The zero-order chi connectivity index (χ0) is 33.1. The third kappa shape index (κ3) is 7.32. The van der Waals surface area contributed by atoms with Crippen molar-refractivity contribution >= 4 is 35.3 Å². The molecule has 2 saturated heterocycles. The lowest BCUT2D eigenvalue weighted by Crippen LogP contribution is -2.53. The first-order chi connectivity index (χ1) is 21.2. The maximum atomic E-state index is 14.1. The van der Waals surface area contributed by atoms with E-state index in [1.54, 1.807) is 51.3 Å². The summed E-state index contributed by atoms with van der Waals surface area (Å²) in [6.07, 6.45) is 5.26. The molecular weight excluding hydrogens is 596 g/mol. The summed E-state index contributed by atoms with van der Waals surface area (Å²) in [6.45, 7) is 13.0. The smallest absolute Gasteiger partial charge is 0.320 e. The van der Waals surface area contributed by atoms with Crippen LogP contribution in [-0.4, -0.2) is 78.7 Å². The second-order valence-electron chi connectivity index (χ2n) is 13.0. The van der Waals surface area contributed by atoms with Gasteiger partial charge in [0.25, 0.3) is 0 Å². The monoisotopic (exact) mass is 642 g/mol. The molecule has 12 heteroatoms. The normalized spacial score (nSPS) is 35.0. The molecule has 0 N–H and O–H groups in total. The number of thioether (sulfide) groups is 1. The topological polar surface area (TPSA) is 140 Å². The van der Waals surface area contributed by atoms with E-state index >= 15 is 0 Å². The lowest BCUT2D eigenvalue weighted by atomic mass is 9.70. The van der Waals surface area contributed by atoms with Gasteiger partial charge in [-0.05, 0) is 52.2 Å². The zero-order valence-corrected chi connectivity index (χ0v) is 28.3. The molecule has 2 aliphatic heterocycles. The molecule has 2 aromatic heterocycles. The number of hydrogen-bond acceptors (Lipinski definition) is 11. The number of fused-ring (bicyclic) bond motifs is 1. The largest absolute Gasteiger partial charge is 0.458 e. The number of pyridine rings is 1. The van der Waals surface area contributed by atoms with Crippen LogP contribution in [0.1, 0.15) is 67.7 Å². The summed E-state index contributed by atoms with van der Waals surface area (Å²) in [5.74, 6) is -3.42. The van der Waals surface area contributed by atoms with Crippen molar-refractivity contribution < 1.29 is 33.4 Å². The van der Waals surface area contributed by atoms with Crippen LogP contribution in [0.5, 0.6) is 0 Å². The van der Waals surface area contributed by atoms with E-state index in [4.69, 9.17) is 14.2 Å². The van der Waals surface area contributed by atoms with E-state index in [0.29, 0.717) is 37.4 Å². The minimum atomic E-state index is -1.28. The Morgan fingerprint density at radius 1 is 1.04 bits per heavy atom. The molecule has 0 bridgehead atoms. The molecule has 2 aromatic rings. The number of carbonyl (C=O) groups is 4.